The van der Waals surface area contributed by atoms with Crippen molar-refractivity contribution in [3.05, 3.63) is 41.9 Å². The quantitative estimate of drug-likeness (QED) is 0.540. The van der Waals surface area contributed by atoms with E-state index in [-0.39, 0.29) is 42.6 Å². The lowest BCUT2D eigenvalue weighted by Gasteiger charge is -2.36. The maximum atomic E-state index is 12.9. The van der Waals surface area contributed by atoms with Gasteiger partial charge in [0.1, 0.15) is 23.7 Å². The number of fused-ring (bicyclic) bond motifs is 1. The average molecular weight is 550 g/mol. The number of aromatic nitrogens is 4. The molecule has 2 aliphatic heterocycles. The number of carbonyl (C=O) groups excluding carboxylic acids is 1. The number of ether oxygens (including phenoxy) is 1. The predicted molar refractivity (Wildman–Crippen MR) is 118 cm³/mol. The fourth-order valence-corrected chi connectivity index (χ4v) is 4.12. The Bertz CT molecular complexity index is 1110. The molecule has 2 aromatic heterocycles. The van der Waals surface area contributed by atoms with Crippen LogP contribution in [0.3, 0.4) is 0 Å². The van der Waals surface area contributed by atoms with E-state index in [4.69, 9.17) is 14.6 Å². The number of carbonyl (C=O) groups is 2. The number of piperidine rings is 1. The van der Waals surface area contributed by atoms with Gasteiger partial charge in [0.15, 0.2) is 0 Å². The summed E-state index contributed by atoms with van der Waals surface area (Å²) in [5.41, 5.74) is -0.00203. The van der Waals surface area contributed by atoms with Crippen LogP contribution in [0.4, 0.5) is 32.2 Å². The number of rotatable bonds is 5. The number of nitrogens with zero attached hydrogens (tertiary/aromatic N) is 5. The first-order valence-corrected chi connectivity index (χ1v) is 11.3. The van der Waals surface area contributed by atoms with Gasteiger partial charge < -0.3 is 20.1 Å². The van der Waals surface area contributed by atoms with Gasteiger partial charge in [-0.15, -0.1) is 0 Å². The Balaban J connectivity index is 0.000000505. The van der Waals surface area contributed by atoms with E-state index in [1.807, 2.05) is 11.8 Å². The van der Waals surface area contributed by atoms with Crippen molar-refractivity contribution in [2.24, 2.45) is 11.8 Å². The Labute approximate surface area is 212 Å². The van der Waals surface area contributed by atoms with Crippen molar-refractivity contribution in [3.63, 3.8) is 0 Å². The molecule has 38 heavy (non-hydrogen) atoms. The molecule has 1 amide bonds. The summed E-state index contributed by atoms with van der Waals surface area (Å²) in [5, 5.41) is 9.94. The van der Waals surface area contributed by atoms with E-state index in [0.29, 0.717) is 25.5 Å². The van der Waals surface area contributed by atoms with E-state index in [1.165, 1.54) is 0 Å². The van der Waals surface area contributed by atoms with Crippen molar-refractivity contribution in [1.29, 1.82) is 0 Å². The first kappa shape index (κ1) is 29.0. The Morgan fingerprint density at radius 1 is 1.13 bits per heavy atom. The fraction of sp³-hybridized carbons (Fsp3) is 0.545. The molecular weight excluding hydrogens is 526 g/mol. The van der Waals surface area contributed by atoms with Gasteiger partial charge in [-0.3, -0.25) is 4.79 Å². The number of hydrogen-bond acceptors (Lipinski definition) is 8. The molecule has 0 aliphatic carbocycles. The molecule has 2 aromatic rings. The van der Waals surface area contributed by atoms with Crippen LogP contribution < -0.4 is 10.2 Å². The maximum Gasteiger partial charge on any atom is 0.490 e. The van der Waals surface area contributed by atoms with Crippen LogP contribution in [0.25, 0.3) is 0 Å². The lowest BCUT2D eigenvalue weighted by Crippen LogP contribution is -2.42. The number of aliphatic carboxylic acids is 1. The Kier molecular flexibility index (Phi) is 9.06. The summed E-state index contributed by atoms with van der Waals surface area (Å²) in [6.45, 7) is 3.70. The third-order valence-corrected chi connectivity index (χ3v) is 5.97. The normalized spacial score (nSPS) is 21.2. The van der Waals surface area contributed by atoms with E-state index in [0.717, 1.165) is 24.4 Å². The van der Waals surface area contributed by atoms with Gasteiger partial charge in [0.25, 0.3) is 0 Å². The molecule has 208 valence electrons. The van der Waals surface area contributed by atoms with E-state index < -0.39 is 24.0 Å². The number of halogens is 6. The highest BCUT2D eigenvalue weighted by molar-refractivity contribution is 5.76. The van der Waals surface area contributed by atoms with Crippen LogP contribution in [0.2, 0.25) is 0 Å². The van der Waals surface area contributed by atoms with Crippen LogP contribution >= 0.6 is 0 Å². The molecule has 0 radical (unpaired) electrons. The zero-order chi connectivity index (χ0) is 28.1. The number of hydrogen-bond donors (Lipinski definition) is 2. The molecule has 2 fully saturated rings. The van der Waals surface area contributed by atoms with Crippen LogP contribution in [0, 0.1) is 18.8 Å². The molecular formula is C22H24F6N6O4. The van der Waals surface area contributed by atoms with Crippen molar-refractivity contribution in [2.45, 2.75) is 44.8 Å². The number of nitrogens with one attached hydrogen (secondary N) is 1. The van der Waals surface area contributed by atoms with Crippen LogP contribution in [-0.2, 0) is 27.0 Å². The number of amides is 1. The molecule has 2 saturated heterocycles. The first-order chi connectivity index (χ1) is 17.7. The summed E-state index contributed by atoms with van der Waals surface area (Å²) in [7, 11) is 0. The highest BCUT2D eigenvalue weighted by atomic mass is 19.4. The summed E-state index contributed by atoms with van der Waals surface area (Å²) in [4.78, 5) is 38.7. The molecule has 0 saturated carbocycles. The summed E-state index contributed by atoms with van der Waals surface area (Å²) < 4.78 is 76.4. The summed E-state index contributed by atoms with van der Waals surface area (Å²) in [5.74, 6) is -1.77. The van der Waals surface area contributed by atoms with Gasteiger partial charge in [-0.2, -0.15) is 26.3 Å². The molecule has 0 aromatic carbocycles. The Morgan fingerprint density at radius 3 is 2.39 bits per heavy atom. The van der Waals surface area contributed by atoms with Crippen molar-refractivity contribution in [2.75, 3.05) is 24.6 Å². The fourth-order valence-electron chi connectivity index (χ4n) is 4.12. The van der Waals surface area contributed by atoms with Gasteiger partial charge in [0.05, 0.1) is 25.7 Å². The highest BCUT2D eigenvalue weighted by Gasteiger charge is 2.42. The van der Waals surface area contributed by atoms with E-state index >= 15 is 0 Å². The largest absolute Gasteiger partial charge is 0.490 e. The van der Waals surface area contributed by atoms with Gasteiger partial charge in [0, 0.05) is 37.5 Å². The number of aryl methyl sites for hydroxylation is 1. The van der Waals surface area contributed by atoms with Crippen LogP contribution in [0.1, 0.15) is 29.9 Å². The van der Waals surface area contributed by atoms with E-state index in [9.17, 15) is 31.1 Å². The van der Waals surface area contributed by atoms with Gasteiger partial charge in [0.2, 0.25) is 5.91 Å². The van der Waals surface area contributed by atoms with Crippen LogP contribution in [-0.4, -0.2) is 68.9 Å². The summed E-state index contributed by atoms with van der Waals surface area (Å²) in [6.07, 6.45) is -4.50. The predicted octanol–water partition coefficient (Wildman–Crippen LogP) is 2.77. The number of anilines is 1. The Hall–Kier alpha value is -3.56. The summed E-state index contributed by atoms with van der Waals surface area (Å²) in [6, 6.07) is 0.980. The van der Waals surface area contributed by atoms with Crippen LogP contribution in [0.5, 0.6) is 0 Å². The Morgan fingerprint density at radius 2 is 1.79 bits per heavy atom. The zero-order valence-electron chi connectivity index (χ0n) is 20.0. The number of alkyl halides is 6. The minimum atomic E-state index is -5.08. The van der Waals surface area contributed by atoms with Gasteiger partial charge >= 0.3 is 18.3 Å². The molecule has 2 N–H and O–H groups in total. The lowest BCUT2D eigenvalue weighted by atomic mass is 9.83. The topological polar surface area (TPSA) is 130 Å². The minimum absolute atomic E-state index is 0.135. The second-order valence-electron chi connectivity index (χ2n) is 8.75. The van der Waals surface area contributed by atoms with Crippen molar-refractivity contribution in [1.82, 2.24) is 25.3 Å². The third kappa shape index (κ3) is 7.97. The minimum Gasteiger partial charge on any atom is -0.475 e. The lowest BCUT2D eigenvalue weighted by molar-refractivity contribution is -0.192. The first-order valence-electron chi connectivity index (χ1n) is 11.3. The zero-order valence-corrected chi connectivity index (χ0v) is 20.0. The molecule has 0 bridgehead atoms. The second-order valence-corrected chi connectivity index (χ2v) is 8.75. The van der Waals surface area contributed by atoms with Gasteiger partial charge in [-0.1, -0.05) is 0 Å². The van der Waals surface area contributed by atoms with Crippen molar-refractivity contribution >= 4 is 17.7 Å². The molecule has 4 rings (SSSR count). The van der Waals surface area contributed by atoms with E-state index in [1.54, 1.807) is 12.4 Å². The SMILES string of the molecule is Cc1cnc(CNC(=O)C[C@@H]2OC[C@H]3CN(c4cc(C(F)(F)F)ncn4)CC[C@H]32)nc1.O=C(O)C(F)(F)F. The number of carboxylic acids is 1. The number of carboxylic acid groups (broad SMARTS) is 1. The molecule has 0 unspecified atom stereocenters. The molecule has 0 spiro atoms. The maximum absolute atomic E-state index is 12.9. The van der Waals surface area contributed by atoms with Gasteiger partial charge in [-0.05, 0) is 24.8 Å². The average Bonchev–Trinajstić information content (AvgIpc) is 3.25. The van der Waals surface area contributed by atoms with Gasteiger partial charge in [-0.25, -0.2) is 24.7 Å². The van der Waals surface area contributed by atoms with Crippen molar-refractivity contribution < 1.29 is 45.8 Å². The van der Waals surface area contributed by atoms with Crippen LogP contribution in [0.15, 0.2) is 24.8 Å². The highest BCUT2D eigenvalue weighted by Crippen LogP contribution is 2.37. The van der Waals surface area contributed by atoms with E-state index in [2.05, 4.69) is 25.3 Å². The smallest absolute Gasteiger partial charge is 0.475 e. The third-order valence-electron chi connectivity index (χ3n) is 5.97. The monoisotopic (exact) mass is 550 g/mol. The van der Waals surface area contributed by atoms with Crippen molar-refractivity contribution in [3.8, 4) is 0 Å². The second kappa shape index (κ2) is 11.9. The molecule has 16 heteroatoms. The molecule has 3 atom stereocenters. The molecule has 2 aliphatic rings. The molecule has 4 heterocycles. The molecule has 10 nitrogen and oxygen atoms in total. The standard InChI is InChI=1S/C20H23F3N6O2.C2HF3O2/c1-12-6-24-17(25-7-12)8-26-19(30)4-15-14-2-3-29(9-13(14)10-31-15)18-5-16(20(21,22)23)27-11-28-18;3-2(4,5)1(6)7/h5-7,11,13-15H,2-4,8-10H2,1H3,(H,26,30);(H,6,7)/t13-,14-,15+;/m1./s1. The summed E-state index contributed by atoms with van der Waals surface area (Å²) >= 11 is 0.